The Morgan fingerprint density at radius 2 is 2.00 bits per heavy atom. The van der Waals surface area contributed by atoms with Gasteiger partial charge in [0.2, 0.25) is 23.6 Å². The topological polar surface area (TPSA) is 165 Å². The minimum Gasteiger partial charge on any atom is -0.438 e. The first-order valence-electron chi connectivity index (χ1n) is 11.2. The average molecular weight is 460 g/mol. The molecule has 10 nitrogen and oxygen atoms in total. The first-order valence-corrected chi connectivity index (χ1v) is 11.2. The highest BCUT2D eigenvalue weighted by Crippen LogP contribution is 2.33. The molecule has 2 aromatic rings. The van der Waals surface area contributed by atoms with Crippen LogP contribution in [-0.2, 0) is 15.1 Å². The number of oxazole rings is 1. The van der Waals surface area contributed by atoms with Crippen molar-refractivity contribution in [3.05, 3.63) is 29.7 Å². The number of aliphatic hydroxyl groups excluding tert-OH is 1. The molecule has 180 valence electrons. The minimum absolute atomic E-state index is 0.0564. The van der Waals surface area contributed by atoms with E-state index in [1.54, 1.807) is 6.07 Å². The zero-order valence-electron chi connectivity index (χ0n) is 19.5. The second-order valence-corrected chi connectivity index (χ2v) is 9.30. The number of carbonyl (C=O) groups excluding carboxylic acids is 3. The first kappa shape index (κ1) is 24.7. The number of benzene rings is 1. The standard InChI is InChI=1S/C23H33N5O5/c1-12(2)18(24)21(32)28-9-5-6-16(28)20(31)27-23(11-29,13(3)4)22-26-15-10-14(19(25)30)7-8-17(15)33-22/h7-8,10,12-13,16,18,29H,5-6,9,11,24H2,1-4H3,(H2,25,30)(H,27,31)/t16-,18-,23+/m0/s1. The lowest BCUT2D eigenvalue weighted by atomic mass is 9.86. The molecule has 0 spiro atoms. The highest BCUT2D eigenvalue weighted by atomic mass is 16.4. The zero-order chi connectivity index (χ0) is 24.5. The molecule has 6 N–H and O–H groups in total. The fourth-order valence-electron chi connectivity index (χ4n) is 4.09. The van der Waals surface area contributed by atoms with Gasteiger partial charge in [0.15, 0.2) is 5.58 Å². The highest BCUT2D eigenvalue weighted by Gasteiger charge is 2.45. The summed E-state index contributed by atoms with van der Waals surface area (Å²) in [6.45, 7) is 7.35. The van der Waals surface area contributed by atoms with Gasteiger partial charge in [-0.25, -0.2) is 4.98 Å². The Balaban J connectivity index is 1.93. The molecule has 0 saturated carbocycles. The molecule has 0 radical (unpaired) electrons. The van der Waals surface area contributed by atoms with E-state index >= 15 is 0 Å². The van der Waals surface area contributed by atoms with Gasteiger partial charge in [0.1, 0.15) is 17.1 Å². The number of aromatic nitrogens is 1. The molecule has 1 aliphatic heterocycles. The molecule has 2 heterocycles. The summed E-state index contributed by atoms with van der Waals surface area (Å²) >= 11 is 0. The molecule has 3 amide bonds. The van der Waals surface area contributed by atoms with Crippen LogP contribution >= 0.6 is 0 Å². The molecule has 33 heavy (non-hydrogen) atoms. The van der Waals surface area contributed by atoms with Crippen molar-refractivity contribution in [3.63, 3.8) is 0 Å². The van der Waals surface area contributed by atoms with E-state index in [2.05, 4.69) is 10.3 Å². The van der Waals surface area contributed by atoms with Crippen LogP contribution in [0, 0.1) is 11.8 Å². The third kappa shape index (κ3) is 4.58. The van der Waals surface area contributed by atoms with Gasteiger partial charge in [-0.3, -0.25) is 14.4 Å². The van der Waals surface area contributed by atoms with E-state index in [-0.39, 0.29) is 29.2 Å². The number of nitrogens with two attached hydrogens (primary N) is 2. The average Bonchev–Trinajstić information content (AvgIpc) is 3.42. The second-order valence-electron chi connectivity index (χ2n) is 9.30. The summed E-state index contributed by atoms with van der Waals surface area (Å²) in [5, 5.41) is 13.3. The van der Waals surface area contributed by atoms with Crippen molar-refractivity contribution in [2.75, 3.05) is 13.2 Å². The van der Waals surface area contributed by atoms with Crippen LogP contribution in [0.3, 0.4) is 0 Å². The Morgan fingerprint density at radius 1 is 1.30 bits per heavy atom. The molecule has 10 heteroatoms. The number of likely N-dealkylation sites (tertiary alicyclic amines) is 1. The number of amides is 3. The van der Waals surface area contributed by atoms with Crippen molar-refractivity contribution in [2.45, 2.75) is 58.2 Å². The Hall–Kier alpha value is -2.98. The number of hydrogen-bond acceptors (Lipinski definition) is 7. The quantitative estimate of drug-likeness (QED) is 0.454. The fraction of sp³-hybridized carbons (Fsp3) is 0.565. The van der Waals surface area contributed by atoms with Crippen molar-refractivity contribution in [1.82, 2.24) is 15.2 Å². The van der Waals surface area contributed by atoms with E-state index in [0.717, 1.165) is 0 Å². The van der Waals surface area contributed by atoms with Crippen LogP contribution in [0.5, 0.6) is 0 Å². The maximum Gasteiger partial charge on any atom is 0.248 e. The summed E-state index contributed by atoms with van der Waals surface area (Å²) in [7, 11) is 0. The van der Waals surface area contributed by atoms with Crippen molar-refractivity contribution in [2.24, 2.45) is 23.3 Å². The summed E-state index contributed by atoms with van der Waals surface area (Å²) in [5.74, 6) is -1.52. The molecule has 0 bridgehead atoms. The van der Waals surface area contributed by atoms with E-state index in [1.165, 1.54) is 17.0 Å². The molecule has 1 aromatic heterocycles. The second kappa shape index (κ2) is 9.48. The van der Waals surface area contributed by atoms with Gasteiger partial charge in [-0.1, -0.05) is 27.7 Å². The van der Waals surface area contributed by atoms with Crippen LogP contribution in [0.25, 0.3) is 11.1 Å². The normalized spacial score (nSPS) is 19.2. The van der Waals surface area contributed by atoms with E-state index in [0.29, 0.717) is 30.5 Å². The molecule has 1 aliphatic rings. The van der Waals surface area contributed by atoms with Crippen molar-refractivity contribution < 1.29 is 23.9 Å². The third-order valence-corrected chi connectivity index (χ3v) is 6.48. The highest BCUT2D eigenvalue weighted by molar-refractivity contribution is 5.96. The lowest BCUT2D eigenvalue weighted by molar-refractivity contribution is -0.141. The predicted molar refractivity (Wildman–Crippen MR) is 122 cm³/mol. The smallest absolute Gasteiger partial charge is 0.248 e. The molecular formula is C23H33N5O5. The van der Waals surface area contributed by atoms with Crippen LogP contribution in [0.2, 0.25) is 0 Å². The molecule has 1 saturated heterocycles. The van der Waals surface area contributed by atoms with Gasteiger partial charge in [0.05, 0.1) is 12.6 Å². The van der Waals surface area contributed by atoms with E-state index in [1.807, 2.05) is 27.7 Å². The maximum atomic E-state index is 13.4. The molecular weight excluding hydrogens is 426 g/mol. The van der Waals surface area contributed by atoms with E-state index in [4.69, 9.17) is 15.9 Å². The number of fused-ring (bicyclic) bond motifs is 1. The van der Waals surface area contributed by atoms with E-state index < -0.39 is 36.0 Å². The van der Waals surface area contributed by atoms with Gasteiger partial charge in [0.25, 0.3) is 0 Å². The number of rotatable bonds is 8. The molecule has 0 unspecified atom stereocenters. The molecule has 3 atom stereocenters. The summed E-state index contributed by atoms with van der Waals surface area (Å²) in [4.78, 5) is 43.7. The van der Waals surface area contributed by atoms with Crippen LogP contribution in [0.15, 0.2) is 22.6 Å². The predicted octanol–water partition coefficient (Wildman–Crippen LogP) is 0.861. The van der Waals surface area contributed by atoms with Crippen molar-refractivity contribution >= 4 is 28.8 Å². The van der Waals surface area contributed by atoms with Crippen LogP contribution in [-0.4, -0.2) is 57.9 Å². The van der Waals surface area contributed by atoms with Crippen LogP contribution < -0.4 is 16.8 Å². The van der Waals surface area contributed by atoms with Gasteiger partial charge < -0.3 is 31.2 Å². The minimum atomic E-state index is -1.33. The number of hydrogen-bond donors (Lipinski definition) is 4. The van der Waals surface area contributed by atoms with Crippen LogP contribution in [0.1, 0.15) is 56.8 Å². The lowest BCUT2D eigenvalue weighted by Gasteiger charge is -2.36. The molecule has 1 fully saturated rings. The maximum absolute atomic E-state index is 13.4. The molecule has 0 aliphatic carbocycles. The lowest BCUT2D eigenvalue weighted by Crippen LogP contribution is -2.59. The number of primary amides is 1. The van der Waals surface area contributed by atoms with Gasteiger partial charge in [-0.15, -0.1) is 0 Å². The van der Waals surface area contributed by atoms with E-state index in [9.17, 15) is 19.5 Å². The fourth-order valence-corrected chi connectivity index (χ4v) is 4.09. The third-order valence-electron chi connectivity index (χ3n) is 6.48. The van der Waals surface area contributed by atoms with Gasteiger partial charge in [-0.2, -0.15) is 0 Å². The number of aliphatic hydroxyl groups is 1. The number of nitrogens with one attached hydrogen (secondary N) is 1. The SMILES string of the molecule is CC(C)[C@H](N)C(=O)N1CCC[C@H]1C(=O)N[C@@](CO)(c1nc2cc(C(N)=O)ccc2o1)C(C)C. The molecule has 3 rings (SSSR count). The Kier molecular flexibility index (Phi) is 7.08. The summed E-state index contributed by atoms with van der Waals surface area (Å²) in [6, 6.07) is 3.20. The number of carbonyl (C=O) groups is 3. The van der Waals surface area contributed by atoms with Crippen molar-refractivity contribution in [3.8, 4) is 0 Å². The summed E-state index contributed by atoms with van der Waals surface area (Å²) < 4.78 is 5.89. The summed E-state index contributed by atoms with van der Waals surface area (Å²) in [6.07, 6.45) is 1.18. The van der Waals surface area contributed by atoms with Crippen LogP contribution in [0.4, 0.5) is 0 Å². The van der Waals surface area contributed by atoms with Gasteiger partial charge in [-0.05, 0) is 42.9 Å². The largest absolute Gasteiger partial charge is 0.438 e. The molecule has 1 aromatic carbocycles. The van der Waals surface area contributed by atoms with Crippen molar-refractivity contribution in [1.29, 1.82) is 0 Å². The summed E-state index contributed by atoms with van der Waals surface area (Å²) in [5.41, 5.74) is 11.1. The zero-order valence-corrected chi connectivity index (χ0v) is 19.5. The Bertz CT molecular complexity index is 1050. The Labute approximate surface area is 192 Å². The first-order chi connectivity index (χ1) is 15.5. The number of nitrogens with zero attached hydrogens (tertiary/aromatic N) is 2. The monoisotopic (exact) mass is 459 g/mol. The van der Waals surface area contributed by atoms with Gasteiger partial charge in [0, 0.05) is 12.1 Å². The van der Waals surface area contributed by atoms with Gasteiger partial charge >= 0.3 is 0 Å². The Morgan fingerprint density at radius 3 is 2.58 bits per heavy atom.